The zero-order valence-electron chi connectivity index (χ0n) is 16.9. The van der Waals surface area contributed by atoms with Gasteiger partial charge in [0.15, 0.2) is 0 Å². The van der Waals surface area contributed by atoms with Crippen LogP contribution in [0.5, 0.6) is 0 Å². The monoisotopic (exact) mass is 401 g/mol. The van der Waals surface area contributed by atoms with Crippen molar-refractivity contribution < 1.29 is 4.74 Å². The molecule has 1 unspecified atom stereocenters. The first-order valence-electron chi connectivity index (χ1n) is 10.2. The van der Waals surface area contributed by atoms with E-state index < -0.39 is 0 Å². The summed E-state index contributed by atoms with van der Waals surface area (Å²) in [6, 6.07) is 15.5. The summed E-state index contributed by atoms with van der Waals surface area (Å²) in [6.45, 7) is 1.78. The summed E-state index contributed by atoms with van der Waals surface area (Å²) in [5.74, 6) is 1.67. The van der Waals surface area contributed by atoms with Crippen LogP contribution in [0.25, 0.3) is 21.8 Å². The summed E-state index contributed by atoms with van der Waals surface area (Å²) in [5.41, 5.74) is 1.62. The van der Waals surface area contributed by atoms with Crippen LogP contribution in [0.3, 0.4) is 0 Å². The number of fused-ring (bicyclic) bond motifs is 2. The minimum atomic E-state index is -0.0301. The van der Waals surface area contributed by atoms with Crippen LogP contribution in [0, 0.1) is 0 Å². The molecule has 2 aromatic carbocycles. The maximum absolute atomic E-state index is 13.3. The van der Waals surface area contributed by atoms with Crippen molar-refractivity contribution >= 4 is 27.6 Å². The van der Waals surface area contributed by atoms with Crippen LogP contribution >= 0.6 is 0 Å². The molecule has 4 aromatic rings. The third-order valence-electron chi connectivity index (χ3n) is 5.75. The Hall–Kier alpha value is -3.32. The SMILES string of the molecule is COCCn1c(C2CCCN2c2ncnc3ccccc23)nc2ccccc2c1=O. The van der Waals surface area contributed by atoms with Crippen molar-refractivity contribution in [3.63, 3.8) is 0 Å². The van der Waals surface area contributed by atoms with Crippen LogP contribution in [0.15, 0.2) is 59.7 Å². The molecular weight excluding hydrogens is 378 g/mol. The van der Waals surface area contributed by atoms with Crippen molar-refractivity contribution in [2.45, 2.75) is 25.4 Å². The van der Waals surface area contributed by atoms with Gasteiger partial charge in [-0.3, -0.25) is 9.36 Å². The van der Waals surface area contributed by atoms with Crippen molar-refractivity contribution in [3.05, 3.63) is 71.0 Å². The quantitative estimate of drug-likeness (QED) is 0.511. The Balaban J connectivity index is 1.67. The third kappa shape index (κ3) is 3.11. The molecule has 5 rings (SSSR count). The summed E-state index contributed by atoms with van der Waals surface area (Å²) in [4.78, 5) is 29.5. The van der Waals surface area contributed by atoms with Gasteiger partial charge in [0.05, 0.1) is 35.6 Å². The molecular formula is C23H23N5O2. The minimum absolute atomic E-state index is 0.0213. The molecule has 0 amide bonds. The van der Waals surface area contributed by atoms with Gasteiger partial charge in [-0.25, -0.2) is 15.0 Å². The van der Waals surface area contributed by atoms with E-state index in [-0.39, 0.29) is 11.6 Å². The largest absolute Gasteiger partial charge is 0.383 e. The van der Waals surface area contributed by atoms with E-state index in [1.54, 1.807) is 18.0 Å². The lowest BCUT2D eigenvalue weighted by molar-refractivity contribution is 0.184. The molecule has 1 fully saturated rings. The molecule has 152 valence electrons. The highest BCUT2D eigenvalue weighted by Gasteiger charge is 2.32. The number of ether oxygens (including phenoxy) is 1. The predicted molar refractivity (Wildman–Crippen MR) is 117 cm³/mol. The van der Waals surface area contributed by atoms with Crippen molar-refractivity contribution in [1.82, 2.24) is 19.5 Å². The summed E-state index contributed by atoms with van der Waals surface area (Å²) in [7, 11) is 1.65. The number of anilines is 1. The van der Waals surface area contributed by atoms with Gasteiger partial charge >= 0.3 is 0 Å². The lowest BCUT2D eigenvalue weighted by atomic mass is 10.1. The third-order valence-corrected chi connectivity index (χ3v) is 5.75. The van der Waals surface area contributed by atoms with E-state index in [1.807, 2.05) is 48.5 Å². The predicted octanol–water partition coefficient (Wildman–Crippen LogP) is 3.33. The van der Waals surface area contributed by atoms with E-state index in [0.717, 1.165) is 47.4 Å². The molecule has 3 heterocycles. The van der Waals surface area contributed by atoms with Gasteiger partial charge in [-0.15, -0.1) is 0 Å². The molecule has 1 aliphatic rings. The van der Waals surface area contributed by atoms with E-state index in [0.29, 0.717) is 18.5 Å². The number of hydrogen-bond donors (Lipinski definition) is 0. The van der Waals surface area contributed by atoms with Crippen molar-refractivity contribution in [2.24, 2.45) is 0 Å². The molecule has 1 saturated heterocycles. The zero-order valence-corrected chi connectivity index (χ0v) is 16.9. The van der Waals surface area contributed by atoms with Gasteiger partial charge in [0.25, 0.3) is 5.56 Å². The number of aromatic nitrogens is 4. The average Bonchev–Trinajstić information content (AvgIpc) is 3.27. The van der Waals surface area contributed by atoms with E-state index in [1.165, 1.54) is 0 Å². The van der Waals surface area contributed by atoms with Crippen LogP contribution in [0.4, 0.5) is 5.82 Å². The fourth-order valence-corrected chi connectivity index (χ4v) is 4.35. The molecule has 0 N–H and O–H groups in total. The topological polar surface area (TPSA) is 73.1 Å². The second-order valence-corrected chi connectivity index (χ2v) is 7.50. The molecule has 0 saturated carbocycles. The van der Waals surface area contributed by atoms with Gasteiger partial charge in [0.2, 0.25) is 0 Å². The van der Waals surface area contributed by atoms with E-state index in [9.17, 15) is 4.79 Å². The van der Waals surface area contributed by atoms with Gasteiger partial charge in [-0.05, 0) is 37.1 Å². The van der Waals surface area contributed by atoms with Crippen LogP contribution in [-0.2, 0) is 11.3 Å². The second kappa shape index (κ2) is 7.84. The summed E-state index contributed by atoms with van der Waals surface area (Å²) < 4.78 is 7.05. The Morgan fingerprint density at radius 2 is 1.80 bits per heavy atom. The number of hydrogen-bond acceptors (Lipinski definition) is 6. The Bertz CT molecular complexity index is 1260. The van der Waals surface area contributed by atoms with Crippen molar-refractivity contribution in [2.75, 3.05) is 25.2 Å². The number of rotatable bonds is 5. The van der Waals surface area contributed by atoms with Gasteiger partial charge < -0.3 is 9.64 Å². The molecule has 1 aliphatic heterocycles. The summed E-state index contributed by atoms with van der Waals surface area (Å²) in [5, 5.41) is 1.65. The molecule has 30 heavy (non-hydrogen) atoms. The first-order valence-corrected chi connectivity index (χ1v) is 10.2. The van der Waals surface area contributed by atoms with Crippen LogP contribution in [0.1, 0.15) is 24.7 Å². The first kappa shape index (κ1) is 18.7. The Labute approximate surface area is 174 Å². The molecule has 7 heteroatoms. The first-order chi connectivity index (χ1) is 14.8. The van der Waals surface area contributed by atoms with Gasteiger partial charge in [0, 0.05) is 19.0 Å². The Morgan fingerprint density at radius 3 is 2.63 bits per heavy atom. The highest BCUT2D eigenvalue weighted by atomic mass is 16.5. The number of methoxy groups -OCH3 is 1. The Kier molecular flexibility index (Phi) is 4.88. The van der Waals surface area contributed by atoms with E-state index in [2.05, 4.69) is 14.9 Å². The number of para-hydroxylation sites is 2. The standard InChI is InChI=1S/C23H23N5O2/c1-30-14-13-28-22(26-19-10-5-3-8-17(19)23(28)29)20-11-6-12-27(20)21-16-7-2-4-9-18(16)24-15-25-21/h2-5,7-10,15,20H,6,11-14H2,1H3. The van der Waals surface area contributed by atoms with Crippen molar-refractivity contribution in [3.8, 4) is 0 Å². The lowest BCUT2D eigenvalue weighted by Crippen LogP contribution is -2.33. The molecule has 7 nitrogen and oxygen atoms in total. The van der Waals surface area contributed by atoms with E-state index >= 15 is 0 Å². The van der Waals surface area contributed by atoms with Crippen LogP contribution in [0.2, 0.25) is 0 Å². The molecule has 0 spiro atoms. The smallest absolute Gasteiger partial charge is 0.261 e. The van der Waals surface area contributed by atoms with E-state index in [4.69, 9.17) is 9.72 Å². The lowest BCUT2D eigenvalue weighted by Gasteiger charge is -2.28. The Morgan fingerprint density at radius 1 is 1.03 bits per heavy atom. The number of nitrogens with zero attached hydrogens (tertiary/aromatic N) is 5. The van der Waals surface area contributed by atoms with Crippen molar-refractivity contribution in [1.29, 1.82) is 0 Å². The maximum Gasteiger partial charge on any atom is 0.261 e. The van der Waals surface area contributed by atoms with Crippen LogP contribution < -0.4 is 10.5 Å². The number of benzene rings is 2. The van der Waals surface area contributed by atoms with Crippen LogP contribution in [-0.4, -0.2) is 39.8 Å². The molecule has 0 aliphatic carbocycles. The van der Waals surface area contributed by atoms with Gasteiger partial charge in [-0.2, -0.15) is 0 Å². The summed E-state index contributed by atoms with van der Waals surface area (Å²) in [6.07, 6.45) is 3.53. The summed E-state index contributed by atoms with van der Waals surface area (Å²) >= 11 is 0. The molecule has 2 aromatic heterocycles. The fourth-order valence-electron chi connectivity index (χ4n) is 4.35. The minimum Gasteiger partial charge on any atom is -0.383 e. The van der Waals surface area contributed by atoms with Gasteiger partial charge in [-0.1, -0.05) is 24.3 Å². The second-order valence-electron chi connectivity index (χ2n) is 7.50. The highest BCUT2D eigenvalue weighted by molar-refractivity contribution is 5.89. The molecule has 0 bridgehead atoms. The maximum atomic E-state index is 13.3. The zero-order chi connectivity index (χ0) is 20.5. The fraction of sp³-hybridized carbons (Fsp3) is 0.304. The highest BCUT2D eigenvalue weighted by Crippen LogP contribution is 2.37. The average molecular weight is 401 g/mol. The normalized spacial score (nSPS) is 16.6. The molecule has 0 radical (unpaired) electrons. The molecule has 1 atom stereocenters. The van der Waals surface area contributed by atoms with Gasteiger partial charge in [0.1, 0.15) is 18.0 Å².